The number of nitrogens with one attached hydrogen (secondary N) is 2. The third-order valence-corrected chi connectivity index (χ3v) is 5.87. The van der Waals surface area contributed by atoms with Crippen molar-refractivity contribution in [3.8, 4) is 0 Å². The fraction of sp³-hybridized carbons (Fsp3) is 0.476. The number of piperidine rings is 1. The van der Waals surface area contributed by atoms with E-state index in [9.17, 15) is 4.79 Å². The summed E-state index contributed by atoms with van der Waals surface area (Å²) >= 11 is 6.22. The molecule has 2 saturated heterocycles. The van der Waals surface area contributed by atoms with Gasteiger partial charge < -0.3 is 25.4 Å². The first-order valence-corrected chi connectivity index (χ1v) is 10.7. The molecule has 9 heteroatoms. The van der Waals surface area contributed by atoms with Gasteiger partial charge in [-0.2, -0.15) is 4.98 Å². The molecule has 1 aromatic heterocycles. The summed E-state index contributed by atoms with van der Waals surface area (Å²) in [6, 6.07) is 7.98. The highest BCUT2D eigenvalue weighted by Crippen LogP contribution is 2.26. The maximum Gasteiger partial charge on any atom is 0.306 e. The van der Waals surface area contributed by atoms with Crippen LogP contribution in [0.5, 0.6) is 0 Å². The van der Waals surface area contributed by atoms with Crippen molar-refractivity contribution >= 4 is 40.7 Å². The summed E-state index contributed by atoms with van der Waals surface area (Å²) in [6.45, 7) is 2.99. The molecule has 0 radical (unpaired) electrons. The maximum absolute atomic E-state index is 11.1. The molecule has 30 heavy (non-hydrogen) atoms. The quantitative estimate of drug-likeness (QED) is 0.609. The highest BCUT2D eigenvalue weighted by atomic mass is 35.5. The Kier molecular flexibility index (Phi) is 6.54. The highest BCUT2D eigenvalue weighted by Gasteiger charge is 2.24. The molecular weight excluding hydrogens is 406 g/mol. The lowest BCUT2D eigenvalue weighted by atomic mass is 9.97. The largest absolute Gasteiger partial charge is 0.481 e. The molecule has 2 aliphatic rings. The van der Waals surface area contributed by atoms with Crippen molar-refractivity contribution in [2.75, 3.05) is 41.8 Å². The maximum atomic E-state index is 11.1. The van der Waals surface area contributed by atoms with Crippen molar-refractivity contribution < 1.29 is 14.6 Å². The van der Waals surface area contributed by atoms with Gasteiger partial charge in [0.1, 0.15) is 5.02 Å². The summed E-state index contributed by atoms with van der Waals surface area (Å²) in [5.41, 5.74) is 1.95. The molecule has 2 aromatic rings. The van der Waals surface area contributed by atoms with Crippen LogP contribution in [0.2, 0.25) is 5.02 Å². The average Bonchev–Trinajstić information content (AvgIpc) is 3.28. The number of carboxylic acid groups (broad SMARTS) is 1. The van der Waals surface area contributed by atoms with Crippen molar-refractivity contribution in [3.05, 3.63) is 35.5 Å². The second-order valence-electron chi connectivity index (χ2n) is 7.68. The zero-order valence-electron chi connectivity index (χ0n) is 16.7. The van der Waals surface area contributed by atoms with Gasteiger partial charge >= 0.3 is 5.97 Å². The number of aromatic nitrogens is 2. The fourth-order valence-electron chi connectivity index (χ4n) is 3.84. The molecule has 0 bridgehead atoms. The number of ether oxygens (including phenoxy) is 1. The second-order valence-corrected chi connectivity index (χ2v) is 8.08. The summed E-state index contributed by atoms with van der Waals surface area (Å²) < 4.78 is 5.62. The molecular formula is C21H26ClN5O3. The zero-order valence-corrected chi connectivity index (χ0v) is 17.4. The number of aliphatic carboxylic acids is 1. The molecule has 8 nitrogen and oxygen atoms in total. The Morgan fingerprint density at radius 3 is 2.67 bits per heavy atom. The second kappa shape index (κ2) is 9.49. The van der Waals surface area contributed by atoms with Crippen molar-refractivity contribution in [1.82, 2.24) is 9.97 Å². The summed E-state index contributed by atoms with van der Waals surface area (Å²) in [5.74, 6) is 0.126. The predicted molar refractivity (Wildman–Crippen MR) is 117 cm³/mol. The lowest BCUT2D eigenvalue weighted by Crippen LogP contribution is -2.36. The summed E-state index contributed by atoms with van der Waals surface area (Å²) in [5, 5.41) is 16.1. The Labute approximate surface area is 180 Å². The molecule has 0 saturated carbocycles. The topological polar surface area (TPSA) is 99.6 Å². The number of hydrogen-bond acceptors (Lipinski definition) is 7. The van der Waals surface area contributed by atoms with Crippen LogP contribution in [0.3, 0.4) is 0 Å². The van der Waals surface area contributed by atoms with Crippen LogP contribution in [0.1, 0.15) is 25.7 Å². The lowest BCUT2D eigenvalue weighted by molar-refractivity contribution is -0.142. The van der Waals surface area contributed by atoms with Gasteiger partial charge in [-0.1, -0.05) is 11.6 Å². The first-order valence-electron chi connectivity index (χ1n) is 10.3. The van der Waals surface area contributed by atoms with Gasteiger partial charge in [-0.15, -0.1) is 0 Å². The Balaban J connectivity index is 1.35. The minimum absolute atomic E-state index is 0.195. The highest BCUT2D eigenvalue weighted by molar-refractivity contribution is 6.32. The summed E-state index contributed by atoms with van der Waals surface area (Å²) in [7, 11) is 0. The number of halogens is 1. The number of carboxylic acids is 1. The van der Waals surface area contributed by atoms with Crippen LogP contribution in [-0.4, -0.2) is 53.4 Å². The van der Waals surface area contributed by atoms with Gasteiger partial charge in [0, 0.05) is 37.6 Å². The van der Waals surface area contributed by atoms with E-state index in [1.54, 1.807) is 6.20 Å². The minimum atomic E-state index is -0.693. The normalized spacial score (nSPS) is 19.6. The molecule has 1 unspecified atom stereocenters. The van der Waals surface area contributed by atoms with Gasteiger partial charge in [-0.05, 0) is 49.9 Å². The van der Waals surface area contributed by atoms with E-state index >= 15 is 0 Å². The molecule has 0 spiro atoms. The number of carbonyl (C=O) groups is 1. The van der Waals surface area contributed by atoms with Gasteiger partial charge in [0.2, 0.25) is 5.95 Å². The van der Waals surface area contributed by atoms with Gasteiger partial charge in [-0.3, -0.25) is 4.79 Å². The van der Waals surface area contributed by atoms with E-state index in [4.69, 9.17) is 21.4 Å². The number of benzene rings is 1. The van der Waals surface area contributed by atoms with Crippen LogP contribution in [0.15, 0.2) is 30.5 Å². The van der Waals surface area contributed by atoms with Gasteiger partial charge in [0.05, 0.1) is 18.2 Å². The predicted octanol–water partition coefficient (Wildman–Crippen LogP) is 3.77. The van der Waals surface area contributed by atoms with Gasteiger partial charge in [0.25, 0.3) is 0 Å². The van der Waals surface area contributed by atoms with Crippen molar-refractivity contribution in [3.63, 3.8) is 0 Å². The average molecular weight is 432 g/mol. The molecule has 1 atom stereocenters. The van der Waals surface area contributed by atoms with E-state index < -0.39 is 5.97 Å². The zero-order chi connectivity index (χ0) is 20.9. The Bertz CT molecular complexity index is 865. The van der Waals surface area contributed by atoms with Crippen molar-refractivity contribution in [2.45, 2.75) is 31.8 Å². The van der Waals surface area contributed by atoms with Crippen molar-refractivity contribution in [1.29, 1.82) is 0 Å². The van der Waals surface area contributed by atoms with E-state index in [0.29, 0.717) is 36.2 Å². The molecule has 0 amide bonds. The molecule has 3 N–H and O–H groups in total. The van der Waals surface area contributed by atoms with Crippen LogP contribution in [0.4, 0.5) is 23.1 Å². The SMILES string of the molecule is O=C(O)C1CCN(c2ccc(Nc3ncc(Cl)c(NCC4CCCO4)n3)cc2)CC1. The summed E-state index contributed by atoms with van der Waals surface area (Å²) in [4.78, 5) is 22.1. The molecule has 160 valence electrons. The van der Waals surface area contributed by atoms with Crippen molar-refractivity contribution in [2.24, 2.45) is 5.92 Å². The molecule has 4 rings (SSSR count). The monoisotopic (exact) mass is 431 g/mol. The Morgan fingerprint density at radius 1 is 1.23 bits per heavy atom. The van der Waals surface area contributed by atoms with E-state index in [1.165, 1.54) is 0 Å². The van der Waals surface area contributed by atoms with Gasteiger partial charge in [0.15, 0.2) is 5.82 Å². The van der Waals surface area contributed by atoms with Crippen LogP contribution < -0.4 is 15.5 Å². The standard InChI is InChI=1S/C21H26ClN5O3/c22-18-13-24-21(26-19(18)23-12-17-2-1-11-30-17)25-15-3-5-16(6-4-15)27-9-7-14(8-10-27)20(28)29/h3-6,13-14,17H,1-2,7-12H2,(H,28,29)(H2,23,24,25,26). The lowest BCUT2D eigenvalue weighted by Gasteiger charge is -2.32. The number of rotatable bonds is 7. The number of nitrogens with zero attached hydrogens (tertiary/aromatic N) is 3. The first kappa shape index (κ1) is 20.7. The molecule has 2 aliphatic heterocycles. The van der Waals surface area contributed by atoms with Crippen LogP contribution in [-0.2, 0) is 9.53 Å². The molecule has 0 aliphatic carbocycles. The van der Waals surface area contributed by atoms with E-state index in [1.807, 2.05) is 24.3 Å². The molecule has 2 fully saturated rings. The third kappa shape index (κ3) is 5.12. The van der Waals surface area contributed by atoms with E-state index in [2.05, 4.69) is 25.5 Å². The molecule has 1 aromatic carbocycles. The minimum Gasteiger partial charge on any atom is -0.481 e. The Morgan fingerprint density at radius 2 is 2.00 bits per heavy atom. The summed E-state index contributed by atoms with van der Waals surface area (Å²) in [6.07, 6.45) is 5.26. The fourth-order valence-corrected chi connectivity index (χ4v) is 3.99. The van der Waals surface area contributed by atoms with E-state index in [-0.39, 0.29) is 12.0 Å². The van der Waals surface area contributed by atoms with Crippen LogP contribution in [0.25, 0.3) is 0 Å². The number of hydrogen-bond donors (Lipinski definition) is 3. The van der Waals surface area contributed by atoms with Crippen LogP contribution >= 0.6 is 11.6 Å². The van der Waals surface area contributed by atoms with Crippen LogP contribution in [0, 0.1) is 5.92 Å². The number of anilines is 4. The smallest absolute Gasteiger partial charge is 0.306 e. The Hall–Kier alpha value is -2.58. The van der Waals surface area contributed by atoms with Gasteiger partial charge in [-0.25, -0.2) is 4.98 Å². The first-order chi connectivity index (χ1) is 14.6. The molecule has 3 heterocycles. The van der Waals surface area contributed by atoms with E-state index in [0.717, 1.165) is 43.9 Å². The third-order valence-electron chi connectivity index (χ3n) is 5.60.